The lowest BCUT2D eigenvalue weighted by molar-refractivity contribution is 0.601. The zero-order valence-corrected chi connectivity index (χ0v) is 17.0. The van der Waals surface area contributed by atoms with Crippen LogP contribution in [0.2, 0.25) is 0 Å². The quantitative estimate of drug-likeness (QED) is 0.538. The maximum Gasteiger partial charge on any atom is 0.350 e. The molecular formula is C22H20N4O3S. The summed E-state index contributed by atoms with van der Waals surface area (Å²) < 4.78 is 31.2. The molecule has 2 aromatic carbocycles. The maximum absolute atomic E-state index is 12.9. The van der Waals surface area contributed by atoms with Crippen LogP contribution in [-0.2, 0) is 29.4 Å². The Morgan fingerprint density at radius 3 is 2.70 bits per heavy atom. The van der Waals surface area contributed by atoms with Crippen molar-refractivity contribution in [1.82, 2.24) is 14.2 Å². The van der Waals surface area contributed by atoms with E-state index in [9.17, 15) is 13.2 Å². The normalized spacial score (nSPS) is 13.5. The van der Waals surface area contributed by atoms with Gasteiger partial charge in [0.1, 0.15) is 0 Å². The standard InChI is InChI=1S/C22H20N4O3S/c27-22-25-12-2-1-9-21(25)23-26(22)15-16-5-3-8-19(13-16)24-30(28,29)20-11-10-17-6-4-7-18(17)14-20/h1-3,5,8-14,24H,4,6-7,15H2. The van der Waals surface area contributed by atoms with Gasteiger partial charge in [0, 0.05) is 11.9 Å². The molecule has 0 unspecified atom stereocenters. The fraction of sp³-hybridized carbons (Fsp3) is 0.182. The fourth-order valence-electron chi connectivity index (χ4n) is 3.91. The largest absolute Gasteiger partial charge is 0.350 e. The van der Waals surface area contributed by atoms with Crippen molar-refractivity contribution < 1.29 is 8.42 Å². The van der Waals surface area contributed by atoms with Gasteiger partial charge in [0.25, 0.3) is 10.0 Å². The Kier molecular flexibility index (Phi) is 4.43. The van der Waals surface area contributed by atoms with Crippen molar-refractivity contribution in [3.05, 3.63) is 94.0 Å². The number of nitrogens with one attached hydrogen (secondary N) is 1. The summed E-state index contributed by atoms with van der Waals surface area (Å²) in [5.74, 6) is 0. The average molecular weight is 420 g/mol. The van der Waals surface area contributed by atoms with Gasteiger partial charge in [0.15, 0.2) is 5.65 Å². The highest BCUT2D eigenvalue weighted by Gasteiger charge is 2.19. The molecule has 4 aromatic rings. The van der Waals surface area contributed by atoms with Gasteiger partial charge >= 0.3 is 5.69 Å². The van der Waals surface area contributed by atoms with E-state index < -0.39 is 10.0 Å². The zero-order chi connectivity index (χ0) is 20.7. The average Bonchev–Trinajstić information content (AvgIpc) is 3.32. The number of fused-ring (bicyclic) bond motifs is 2. The second-order valence-electron chi connectivity index (χ2n) is 7.46. The van der Waals surface area contributed by atoms with Crippen LogP contribution in [0.3, 0.4) is 0 Å². The van der Waals surface area contributed by atoms with Gasteiger partial charge in [-0.25, -0.2) is 17.9 Å². The SMILES string of the molecule is O=c1n(Cc2cccc(NS(=O)(=O)c3ccc4c(c3)CCC4)c2)nc2ccccn12. The summed E-state index contributed by atoms with van der Waals surface area (Å²) in [7, 11) is -3.69. The minimum Gasteiger partial charge on any atom is -0.280 e. The molecule has 7 nitrogen and oxygen atoms in total. The smallest absolute Gasteiger partial charge is 0.280 e. The van der Waals surface area contributed by atoms with Gasteiger partial charge in [-0.05, 0) is 72.4 Å². The Bertz CT molecular complexity index is 1420. The van der Waals surface area contributed by atoms with Gasteiger partial charge in [-0.1, -0.05) is 24.3 Å². The van der Waals surface area contributed by atoms with Crippen molar-refractivity contribution in [2.75, 3.05) is 4.72 Å². The van der Waals surface area contributed by atoms with Crippen molar-refractivity contribution in [3.8, 4) is 0 Å². The number of sulfonamides is 1. The van der Waals surface area contributed by atoms with Crippen molar-refractivity contribution in [2.45, 2.75) is 30.7 Å². The summed E-state index contributed by atoms with van der Waals surface area (Å²) >= 11 is 0. The highest BCUT2D eigenvalue weighted by atomic mass is 32.2. The number of pyridine rings is 1. The number of anilines is 1. The Morgan fingerprint density at radius 1 is 0.967 bits per heavy atom. The van der Waals surface area contributed by atoms with Gasteiger partial charge in [0.05, 0.1) is 11.4 Å². The highest BCUT2D eigenvalue weighted by Crippen LogP contribution is 2.26. The number of hydrogen-bond acceptors (Lipinski definition) is 4. The highest BCUT2D eigenvalue weighted by molar-refractivity contribution is 7.92. The molecule has 8 heteroatoms. The molecule has 0 saturated carbocycles. The predicted molar refractivity (Wildman–Crippen MR) is 114 cm³/mol. The summed E-state index contributed by atoms with van der Waals surface area (Å²) in [5, 5.41) is 4.32. The topological polar surface area (TPSA) is 85.5 Å². The lowest BCUT2D eigenvalue weighted by atomic mass is 10.1. The molecule has 0 saturated heterocycles. The van der Waals surface area contributed by atoms with Crippen LogP contribution >= 0.6 is 0 Å². The first kappa shape index (κ1) is 18.6. The zero-order valence-electron chi connectivity index (χ0n) is 16.2. The van der Waals surface area contributed by atoms with Gasteiger partial charge < -0.3 is 0 Å². The number of rotatable bonds is 5. The first-order chi connectivity index (χ1) is 14.5. The van der Waals surface area contributed by atoms with E-state index in [0.29, 0.717) is 11.3 Å². The van der Waals surface area contributed by atoms with Crippen LogP contribution in [-0.4, -0.2) is 22.6 Å². The third kappa shape index (κ3) is 3.39. The number of benzene rings is 2. The molecule has 152 valence electrons. The summed E-state index contributed by atoms with van der Waals surface area (Å²) in [5.41, 5.74) is 3.89. The molecule has 30 heavy (non-hydrogen) atoms. The molecule has 1 aliphatic rings. The molecule has 0 spiro atoms. The molecule has 0 radical (unpaired) electrons. The van der Waals surface area contributed by atoms with E-state index >= 15 is 0 Å². The van der Waals surface area contributed by atoms with Crippen molar-refractivity contribution in [2.24, 2.45) is 0 Å². The van der Waals surface area contributed by atoms with E-state index in [4.69, 9.17) is 0 Å². The van der Waals surface area contributed by atoms with Crippen LogP contribution in [0.1, 0.15) is 23.1 Å². The van der Waals surface area contributed by atoms with Crippen molar-refractivity contribution in [1.29, 1.82) is 0 Å². The number of nitrogens with zero attached hydrogens (tertiary/aromatic N) is 3. The Hall–Kier alpha value is -3.39. The van der Waals surface area contributed by atoms with E-state index in [2.05, 4.69) is 9.82 Å². The summed E-state index contributed by atoms with van der Waals surface area (Å²) in [6, 6.07) is 17.7. The van der Waals surface area contributed by atoms with Crippen LogP contribution < -0.4 is 10.4 Å². The minimum absolute atomic E-state index is 0.241. The molecule has 2 heterocycles. The molecule has 1 N–H and O–H groups in total. The van der Waals surface area contributed by atoms with Gasteiger partial charge in [0.2, 0.25) is 0 Å². The second kappa shape index (κ2) is 7.14. The molecule has 0 atom stereocenters. The first-order valence-electron chi connectivity index (χ1n) is 9.77. The number of hydrogen-bond donors (Lipinski definition) is 1. The van der Waals surface area contributed by atoms with Gasteiger partial charge in [-0.3, -0.25) is 9.12 Å². The minimum atomic E-state index is -3.69. The molecule has 0 aliphatic heterocycles. The maximum atomic E-state index is 12.9. The summed E-state index contributed by atoms with van der Waals surface area (Å²) in [4.78, 5) is 12.7. The third-order valence-electron chi connectivity index (χ3n) is 5.38. The van der Waals surface area contributed by atoms with Gasteiger partial charge in [-0.2, -0.15) is 0 Å². The third-order valence-corrected chi connectivity index (χ3v) is 6.76. The van der Waals surface area contributed by atoms with E-state index in [1.54, 1.807) is 48.7 Å². The van der Waals surface area contributed by atoms with E-state index in [1.807, 2.05) is 18.2 Å². The Labute approximate surface area is 173 Å². The molecule has 2 aromatic heterocycles. The first-order valence-corrected chi connectivity index (χ1v) is 11.3. The monoisotopic (exact) mass is 420 g/mol. The summed E-state index contributed by atoms with van der Waals surface area (Å²) in [6.07, 6.45) is 4.66. The molecule has 1 aliphatic carbocycles. The van der Waals surface area contributed by atoms with Crippen LogP contribution in [0, 0.1) is 0 Å². The molecule has 0 amide bonds. The van der Waals surface area contributed by atoms with Crippen LogP contribution in [0.4, 0.5) is 5.69 Å². The van der Waals surface area contributed by atoms with Crippen molar-refractivity contribution in [3.63, 3.8) is 0 Å². The lowest BCUT2D eigenvalue weighted by Gasteiger charge is -2.11. The molecule has 5 rings (SSSR count). The van der Waals surface area contributed by atoms with Gasteiger partial charge in [-0.15, -0.1) is 5.10 Å². The van der Waals surface area contributed by atoms with Crippen LogP contribution in [0.5, 0.6) is 0 Å². The molecular weight excluding hydrogens is 400 g/mol. The van der Waals surface area contributed by atoms with Crippen LogP contribution in [0.25, 0.3) is 5.65 Å². The number of aromatic nitrogens is 3. The van der Waals surface area contributed by atoms with Crippen LogP contribution in [0.15, 0.2) is 76.6 Å². The predicted octanol–water partition coefficient (Wildman–Crippen LogP) is 2.83. The number of aryl methyl sites for hydroxylation is 2. The van der Waals surface area contributed by atoms with E-state index in [-0.39, 0.29) is 17.1 Å². The Morgan fingerprint density at radius 2 is 1.83 bits per heavy atom. The van der Waals surface area contributed by atoms with E-state index in [1.165, 1.54) is 14.6 Å². The second-order valence-corrected chi connectivity index (χ2v) is 9.14. The molecule has 0 fully saturated rings. The Balaban J connectivity index is 1.40. The van der Waals surface area contributed by atoms with Crippen molar-refractivity contribution >= 4 is 21.4 Å². The summed E-state index contributed by atoms with van der Waals surface area (Å²) in [6.45, 7) is 0.245. The molecule has 0 bridgehead atoms. The van der Waals surface area contributed by atoms with E-state index in [0.717, 1.165) is 30.4 Å². The lowest BCUT2D eigenvalue weighted by Crippen LogP contribution is -2.21. The fourth-order valence-corrected chi connectivity index (χ4v) is 5.01.